The molecule has 0 unspecified atom stereocenters. The smallest absolute Gasteiger partial charge is 0.0132 e. The van der Waals surface area contributed by atoms with Gasteiger partial charge in [-0.15, -0.1) is 0 Å². The lowest BCUT2D eigenvalue weighted by molar-refractivity contribution is 0.210. The molecule has 0 saturated carbocycles. The lowest BCUT2D eigenvalue weighted by Gasteiger charge is -2.41. The van der Waals surface area contributed by atoms with E-state index >= 15 is 0 Å². The van der Waals surface area contributed by atoms with Gasteiger partial charge in [0, 0.05) is 0 Å². The highest BCUT2D eigenvalue weighted by molar-refractivity contribution is 5.20. The first kappa shape index (κ1) is 11.0. The number of hydrogen-bond donors (Lipinski definition) is 0. The number of rotatable bonds is 1. The molecule has 0 radical (unpaired) electrons. The van der Waals surface area contributed by atoms with Crippen LogP contribution in [0.5, 0.6) is 0 Å². The number of allylic oxidation sites excluding steroid dienone is 4. The zero-order valence-corrected chi connectivity index (χ0v) is 10.6. The van der Waals surface area contributed by atoms with Gasteiger partial charge in [-0.3, -0.25) is 0 Å². The van der Waals surface area contributed by atoms with E-state index in [1.807, 2.05) is 0 Å². The minimum Gasteiger partial charge on any atom is -0.0850 e. The van der Waals surface area contributed by atoms with Crippen LogP contribution >= 0.6 is 0 Å². The van der Waals surface area contributed by atoms with Gasteiger partial charge in [-0.1, -0.05) is 37.1 Å². The van der Waals surface area contributed by atoms with E-state index in [1.165, 1.54) is 19.3 Å². The van der Waals surface area contributed by atoms with E-state index in [0.29, 0.717) is 0 Å². The predicted octanol–water partition coefficient (Wildman–Crippen LogP) is 4.58. The van der Waals surface area contributed by atoms with Crippen LogP contribution < -0.4 is 0 Å². The summed E-state index contributed by atoms with van der Waals surface area (Å²) < 4.78 is 0. The van der Waals surface area contributed by atoms with Crippen molar-refractivity contribution in [1.29, 1.82) is 0 Å². The Morgan fingerprint density at radius 3 is 2.67 bits per heavy atom. The van der Waals surface area contributed by atoms with Gasteiger partial charge in [0.25, 0.3) is 0 Å². The highest BCUT2D eigenvalue weighted by Crippen LogP contribution is 2.45. The van der Waals surface area contributed by atoms with Crippen molar-refractivity contribution in [2.45, 2.75) is 47.0 Å². The average molecular weight is 204 g/mol. The third-order valence-electron chi connectivity index (χ3n) is 4.44. The molecule has 2 aliphatic carbocycles. The molecule has 0 heteroatoms. The summed E-state index contributed by atoms with van der Waals surface area (Å²) in [5, 5.41) is 0. The summed E-state index contributed by atoms with van der Waals surface area (Å²) in [4.78, 5) is 0. The topological polar surface area (TPSA) is 0 Å². The van der Waals surface area contributed by atoms with Gasteiger partial charge >= 0.3 is 0 Å². The van der Waals surface area contributed by atoms with Gasteiger partial charge in [-0.25, -0.2) is 0 Å². The molecule has 2 rings (SSSR count). The highest BCUT2D eigenvalue weighted by Gasteiger charge is 2.34. The molecular formula is C15H24. The Balaban J connectivity index is 2.28. The first-order valence-corrected chi connectivity index (χ1v) is 6.43. The fraction of sp³-hybridized carbons (Fsp3) is 0.733. The van der Waals surface area contributed by atoms with Gasteiger partial charge < -0.3 is 0 Å². The normalized spacial score (nSPS) is 35.9. The Bertz CT molecular complexity index is 293. The van der Waals surface area contributed by atoms with Crippen molar-refractivity contribution >= 4 is 0 Å². The molecule has 0 N–H and O–H groups in total. The van der Waals surface area contributed by atoms with Crippen molar-refractivity contribution in [3.05, 3.63) is 23.3 Å². The fourth-order valence-corrected chi connectivity index (χ4v) is 3.40. The molecule has 0 aromatic rings. The van der Waals surface area contributed by atoms with E-state index in [0.717, 1.165) is 23.7 Å². The van der Waals surface area contributed by atoms with Gasteiger partial charge in [0.05, 0.1) is 0 Å². The van der Waals surface area contributed by atoms with Crippen LogP contribution in [0.25, 0.3) is 0 Å². The maximum Gasteiger partial charge on any atom is -0.0132 e. The maximum absolute atomic E-state index is 2.58. The second-order valence-electron chi connectivity index (χ2n) is 5.83. The van der Waals surface area contributed by atoms with Crippen molar-refractivity contribution in [2.24, 2.45) is 23.7 Å². The van der Waals surface area contributed by atoms with Gasteiger partial charge in [0.1, 0.15) is 0 Å². The predicted molar refractivity (Wildman–Crippen MR) is 66.7 cm³/mol. The van der Waals surface area contributed by atoms with Crippen LogP contribution in [-0.2, 0) is 0 Å². The summed E-state index contributed by atoms with van der Waals surface area (Å²) >= 11 is 0. The van der Waals surface area contributed by atoms with Crippen LogP contribution in [0.3, 0.4) is 0 Å². The molecule has 15 heavy (non-hydrogen) atoms. The second-order valence-corrected chi connectivity index (χ2v) is 5.83. The van der Waals surface area contributed by atoms with Gasteiger partial charge in [0.2, 0.25) is 0 Å². The summed E-state index contributed by atoms with van der Waals surface area (Å²) in [6.45, 7) is 9.41. The molecular weight excluding hydrogens is 180 g/mol. The maximum atomic E-state index is 2.58. The summed E-state index contributed by atoms with van der Waals surface area (Å²) in [6.07, 6.45) is 9.08. The van der Waals surface area contributed by atoms with Gasteiger partial charge in [-0.05, 0) is 56.8 Å². The van der Waals surface area contributed by atoms with E-state index < -0.39 is 0 Å². The van der Waals surface area contributed by atoms with Crippen molar-refractivity contribution in [3.63, 3.8) is 0 Å². The van der Waals surface area contributed by atoms with Crippen LogP contribution in [0, 0.1) is 23.7 Å². The van der Waals surface area contributed by atoms with E-state index in [4.69, 9.17) is 0 Å². The molecule has 3 atom stereocenters. The number of hydrogen-bond acceptors (Lipinski definition) is 0. The van der Waals surface area contributed by atoms with E-state index in [2.05, 4.69) is 39.8 Å². The zero-order valence-electron chi connectivity index (χ0n) is 10.6. The highest BCUT2D eigenvalue weighted by atomic mass is 14.4. The molecule has 0 fully saturated rings. The van der Waals surface area contributed by atoms with E-state index in [-0.39, 0.29) is 0 Å². The SMILES string of the molecule is CC1=C[C@H]2[C@H](CC1)C(C)=CC[C@@H]2C(C)C. The van der Waals surface area contributed by atoms with Crippen LogP contribution in [0.1, 0.15) is 47.0 Å². The van der Waals surface area contributed by atoms with Crippen molar-refractivity contribution < 1.29 is 0 Å². The van der Waals surface area contributed by atoms with Crippen molar-refractivity contribution in [1.82, 2.24) is 0 Å². The molecule has 0 aromatic carbocycles. The minimum atomic E-state index is 0.823. The summed E-state index contributed by atoms with van der Waals surface area (Å²) in [5.74, 6) is 3.40. The average Bonchev–Trinajstić information content (AvgIpc) is 2.17. The monoisotopic (exact) mass is 204 g/mol. The molecule has 2 aliphatic rings. The van der Waals surface area contributed by atoms with Crippen LogP contribution in [-0.4, -0.2) is 0 Å². The zero-order chi connectivity index (χ0) is 11.0. The molecule has 0 spiro atoms. The Morgan fingerprint density at radius 2 is 2.00 bits per heavy atom. The van der Waals surface area contributed by atoms with Gasteiger partial charge in [0.15, 0.2) is 0 Å². The lowest BCUT2D eigenvalue weighted by atomic mass is 9.64. The van der Waals surface area contributed by atoms with Crippen molar-refractivity contribution in [3.8, 4) is 0 Å². The van der Waals surface area contributed by atoms with Crippen molar-refractivity contribution in [2.75, 3.05) is 0 Å². The van der Waals surface area contributed by atoms with Crippen LogP contribution in [0.15, 0.2) is 23.3 Å². The Labute approximate surface area is 94.5 Å². The minimum absolute atomic E-state index is 0.823. The quantitative estimate of drug-likeness (QED) is 0.548. The fourth-order valence-electron chi connectivity index (χ4n) is 3.40. The first-order chi connectivity index (χ1) is 7.09. The third-order valence-corrected chi connectivity index (χ3v) is 4.44. The Kier molecular flexibility index (Phi) is 3.04. The third kappa shape index (κ3) is 2.04. The largest absolute Gasteiger partial charge is 0.0850 e. The van der Waals surface area contributed by atoms with Crippen LogP contribution in [0.4, 0.5) is 0 Å². The Hall–Kier alpha value is -0.520. The lowest BCUT2D eigenvalue weighted by Crippen LogP contribution is -2.31. The van der Waals surface area contributed by atoms with Gasteiger partial charge in [-0.2, -0.15) is 0 Å². The molecule has 0 heterocycles. The summed E-state index contributed by atoms with van der Waals surface area (Å²) in [6, 6.07) is 0. The molecule has 84 valence electrons. The molecule has 0 bridgehead atoms. The standard InChI is InChI=1S/C15H24/c1-10(2)13-8-6-12(4)14-7-5-11(3)9-15(13)14/h6,9-10,13-15H,5,7-8H2,1-4H3/t13-,14-,15-/m1/s1. The summed E-state index contributed by atoms with van der Waals surface area (Å²) in [7, 11) is 0. The molecule has 0 saturated heterocycles. The second kappa shape index (κ2) is 4.15. The summed E-state index contributed by atoms with van der Waals surface area (Å²) in [5.41, 5.74) is 3.28. The molecule has 0 aromatic heterocycles. The van der Waals surface area contributed by atoms with E-state index in [1.54, 1.807) is 11.1 Å². The molecule has 0 aliphatic heterocycles. The molecule has 0 amide bonds. The first-order valence-electron chi connectivity index (χ1n) is 6.43. The van der Waals surface area contributed by atoms with Crippen LogP contribution in [0.2, 0.25) is 0 Å². The van der Waals surface area contributed by atoms with E-state index in [9.17, 15) is 0 Å². The Morgan fingerprint density at radius 1 is 1.27 bits per heavy atom. The number of fused-ring (bicyclic) bond motifs is 1. The molecule has 0 nitrogen and oxygen atoms in total.